The summed E-state index contributed by atoms with van der Waals surface area (Å²) in [6.45, 7) is 7.80. The van der Waals surface area contributed by atoms with Crippen LogP contribution in [0.4, 0.5) is 0 Å². The predicted molar refractivity (Wildman–Crippen MR) is 84.9 cm³/mol. The number of pyridine rings is 1. The molecule has 21 heavy (non-hydrogen) atoms. The van der Waals surface area contributed by atoms with E-state index in [0.29, 0.717) is 11.5 Å². The van der Waals surface area contributed by atoms with Crippen LogP contribution in [0.2, 0.25) is 0 Å². The Kier molecular flexibility index (Phi) is 4.47. The molecule has 0 saturated heterocycles. The van der Waals surface area contributed by atoms with Gasteiger partial charge < -0.3 is 11.1 Å². The molecule has 0 radical (unpaired) electrons. The second kappa shape index (κ2) is 6.30. The van der Waals surface area contributed by atoms with Gasteiger partial charge in [-0.2, -0.15) is 0 Å². The Morgan fingerprint density at radius 3 is 2.67 bits per heavy atom. The van der Waals surface area contributed by atoms with Crippen molar-refractivity contribution in [3.63, 3.8) is 0 Å². The highest BCUT2D eigenvalue weighted by atomic mass is 15.0. The third kappa shape index (κ3) is 3.34. The number of aliphatic imine (C=N–C) groups is 1. The van der Waals surface area contributed by atoms with Crippen molar-refractivity contribution in [2.45, 2.75) is 19.9 Å². The molecule has 0 aliphatic carbocycles. The van der Waals surface area contributed by atoms with E-state index in [1.165, 1.54) is 0 Å². The maximum atomic E-state index is 5.61. The molecule has 2 heterocycles. The molecular weight excluding hydrogens is 264 g/mol. The number of nitrogens with zero attached hydrogens (tertiary/aromatic N) is 4. The third-order valence-corrected chi connectivity index (χ3v) is 3.46. The first-order chi connectivity index (χ1) is 10.0. The number of hydrogen-bond donors (Lipinski definition) is 2. The minimum absolute atomic E-state index is 0.110. The molecule has 2 aromatic rings. The summed E-state index contributed by atoms with van der Waals surface area (Å²) >= 11 is 0. The topological polar surface area (TPSA) is 89.1 Å². The Hall–Kier alpha value is -2.50. The minimum Gasteiger partial charge on any atom is -0.386 e. The van der Waals surface area contributed by atoms with Crippen molar-refractivity contribution in [2.75, 3.05) is 7.05 Å². The van der Waals surface area contributed by atoms with Crippen LogP contribution in [-0.2, 0) is 0 Å². The summed E-state index contributed by atoms with van der Waals surface area (Å²) in [5, 5.41) is 3.12. The number of hydrogen-bond acceptors (Lipinski definition) is 6. The molecule has 110 valence electrons. The van der Waals surface area contributed by atoms with Crippen molar-refractivity contribution in [1.82, 2.24) is 20.3 Å². The molecule has 6 heteroatoms. The van der Waals surface area contributed by atoms with Crippen molar-refractivity contribution < 1.29 is 0 Å². The molecular formula is C15H20N6. The Morgan fingerprint density at radius 1 is 1.29 bits per heavy atom. The molecule has 0 fully saturated rings. The van der Waals surface area contributed by atoms with E-state index in [0.717, 1.165) is 16.8 Å². The van der Waals surface area contributed by atoms with Gasteiger partial charge >= 0.3 is 0 Å². The first kappa shape index (κ1) is 14.9. The lowest BCUT2D eigenvalue weighted by Crippen LogP contribution is -2.38. The lowest BCUT2D eigenvalue weighted by molar-refractivity contribution is 0.522. The molecule has 0 aliphatic heterocycles. The van der Waals surface area contributed by atoms with E-state index < -0.39 is 0 Å². The highest BCUT2D eigenvalue weighted by Gasteiger charge is 2.20. The van der Waals surface area contributed by atoms with Crippen molar-refractivity contribution in [3.05, 3.63) is 42.6 Å². The van der Waals surface area contributed by atoms with Crippen LogP contribution in [0.5, 0.6) is 0 Å². The van der Waals surface area contributed by atoms with Crippen molar-refractivity contribution in [3.8, 4) is 0 Å². The highest BCUT2D eigenvalue weighted by molar-refractivity contribution is 6.03. The quantitative estimate of drug-likeness (QED) is 0.812. The van der Waals surface area contributed by atoms with Crippen molar-refractivity contribution in [2.24, 2.45) is 16.6 Å². The first-order valence-electron chi connectivity index (χ1n) is 6.77. The van der Waals surface area contributed by atoms with Crippen molar-refractivity contribution in [1.29, 1.82) is 0 Å². The molecule has 2 rings (SSSR count). The summed E-state index contributed by atoms with van der Waals surface area (Å²) in [4.78, 5) is 17.2. The lowest BCUT2D eigenvalue weighted by atomic mass is 9.93. The summed E-state index contributed by atoms with van der Waals surface area (Å²) in [7, 11) is 1.77. The normalized spacial score (nSPS) is 14.7. The first-order valence-corrected chi connectivity index (χ1v) is 6.77. The molecule has 0 amide bonds. The van der Waals surface area contributed by atoms with Crippen LogP contribution in [0.1, 0.15) is 19.4 Å². The molecule has 0 bridgehead atoms. The van der Waals surface area contributed by atoms with E-state index in [9.17, 15) is 0 Å². The van der Waals surface area contributed by atoms with Crippen LogP contribution in [-0.4, -0.2) is 33.8 Å². The van der Waals surface area contributed by atoms with Gasteiger partial charge in [-0.3, -0.25) is 9.98 Å². The monoisotopic (exact) mass is 284 g/mol. The lowest BCUT2D eigenvalue weighted by Gasteiger charge is -2.23. The minimum atomic E-state index is 0.110. The van der Waals surface area contributed by atoms with E-state index in [2.05, 4.69) is 38.8 Å². The summed E-state index contributed by atoms with van der Waals surface area (Å²) in [6.07, 6.45) is 5.06. The predicted octanol–water partition coefficient (Wildman–Crippen LogP) is 1.49. The SMILES string of the molecule is C=C(N)NC(C)C(C)C(=NC)c1cnc2nccnc2c1. The van der Waals surface area contributed by atoms with Crippen LogP contribution < -0.4 is 11.1 Å². The van der Waals surface area contributed by atoms with E-state index in [1.54, 1.807) is 25.6 Å². The highest BCUT2D eigenvalue weighted by Crippen LogP contribution is 2.16. The summed E-state index contributed by atoms with van der Waals surface area (Å²) in [5.74, 6) is 0.596. The fourth-order valence-corrected chi connectivity index (χ4v) is 2.25. The Balaban J connectivity index is 2.33. The molecule has 2 aromatic heterocycles. The number of aromatic nitrogens is 3. The fraction of sp³-hybridized carbons (Fsp3) is 0.333. The third-order valence-electron chi connectivity index (χ3n) is 3.46. The number of fused-ring (bicyclic) bond motifs is 1. The average molecular weight is 284 g/mol. The van der Waals surface area contributed by atoms with Gasteiger partial charge in [0, 0.05) is 48.9 Å². The molecule has 0 spiro atoms. The standard InChI is InChI=1S/C15H20N6/c1-9(10(2)21-11(3)16)14(17-4)12-7-13-15(20-8-12)19-6-5-18-13/h5-10,21H,3,16H2,1-2,4H3. The Morgan fingerprint density at radius 2 is 2.00 bits per heavy atom. The van der Waals surface area contributed by atoms with Gasteiger partial charge in [0.1, 0.15) is 5.52 Å². The van der Waals surface area contributed by atoms with Gasteiger partial charge in [-0.15, -0.1) is 0 Å². The van der Waals surface area contributed by atoms with Gasteiger partial charge in [-0.1, -0.05) is 13.5 Å². The number of rotatable bonds is 5. The molecule has 6 nitrogen and oxygen atoms in total. The fourth-order valence-electron chi connectivity index (χ4n) is 2.25. The molecule has 0 saturated carbocycles. The molecule has 3 N–H and O–H groups in total. The van der Waals surface area contributed by atoms with Gasteiger partial charge in [0.25, 0.3) is 0 Å². The van der Waals surface area contributed by atoms with Gasteiger partial charge in [0.15, 0.2) is 5.65 Å². The van der Waals surface area contributed by atoms with E-state index in [4.69, 9.17) is 5.73 Å². The second-order valence-electron chi connectivity index (χ2n) is 4.98. The van der Waals surface area contributed by atoms with Crippen LogP contribution in [0, 0.1) is 5.92 Å². The number of nitrogens with two attached hydrogens (primary N) is 1. The summed E-state index contributed by atoms with van der Waals surface area (Å²) in [5.41, 5.74) is 8.88. The average Bonchev–Trinajstić information content (AvgIpc) is 2.47. The second-order valence-corrected chi connectivity index (χ2v) is 4.98. The van der Waals surface area contributed by atoms with Crippen molar-refractivity contribution >= 4 is 16.9 Å². The molecule has 0 aliphatic rings. The van der Waals surface area contributed by atoms with Gasteiger partial charge in [-0.25, -0.2) is 9.97 Å². The van der Waals surface area contributed by atoms with Gasteiger partial charge in [0.05, 0.1) is 5.82 Å². The van der Waals surface area contributed by atoms with Crippen LogP contribution in [0.15, 0.2) is 42.0 Å². The van der Waals surface area contributed by atoms with Crippen LogP contribution in [0.3, 0.4) is 0 Å². The summed E-state index contributed by atoms with van der Waals surface area (Å²) in [6, 6.07) is 2.07. The van der Waals surface area contributed by atoms with Crippen LogP contribution >= 0.6 is 0 Å². The van der Waals surface area contributed by atoms with E-state index in [1.807, 2.05) is 13.0 Å². The zero-order chi connectivity index (χ0) is 15.4. The number of nitrogens with one attached hydrogen (secondary N) is 1. The maximum absolute atomic E-state index is 5.61. The molecule has 2 atom stereocenters. The maximum Gasteiger partial charge on any atom is 0.178 e. The van der Waals surface area contributed by atoms with Crippen LogP contribution in [0.25, 0.3) is 11.2 Å². The molecule has 2 unspecified atom stereocenters. The van der Waals surface area contributed by atoms with Gasteiger partial charge in [0.2, 0.25) is 0 Å². The largest absolute Gasteiger partial charge is 0.386 e. The zero-order valence-corrected chi connectivity index (χ0v) is 12.5. The summed E-state index contributed by atoms with van der Waals surface area (Å²) < 4.78 is 0. The Bertz CT molecular complexity index is 679. The van der Waals surface area contributed by atoms with E-state index in [-0.39, 0.29) is 12.0 Å². The smallest absolute Gasteiger partial charge is 0.178 e. The zero-order valence-electron chi connectivity index (χ0n) is 12.5. The molecule has 0 aromatic carbocycles. The Labute approximate surface area is 124 Å². The van der Waals surface area contributed by atoms with E-state index >= 15 is 0 Å². The van der Waals surface area contributed by atoms with Gasteiger partial charge in [-0.05, 0) is 13.0 Å².